The molecule has 1 atom stereocenters. The van der Waals surface area contributed by atoms with Crippen LogP contribution in [0.4, 0.5) is 0 Å². The molecule has 8 heteroatoms. The van der Waals surface area contributed by atoms with Gasteiger partial charge in [-0.2, -0.15) is 0 Å². The highest BCUT2D eigenvalue weighted by Gasteiger charge is 2.17. The Hall–Kier alpha value is -2.94. The minimum atomic E-state index is 0.209. The Balaban J connectivity index is 2.41. The van der Waals surface area contributed by atoms with Crippen molar-refractivity contribution in [3.8, 4) is 0 Å². The maximum Gasteiger partial charge on any atom is 0.224 e. The normalized spacial score (nSPS) is 13.8. The topological polar surface area (TPSA) is 85.5 Å². The molecule has 194 valence electrons. The number of benzene rings is 1. The minimum absolute atomic E-state index is 0.209. The van der Waals surface area contributed by atoms with Crippen LogP contribution in [0.1, 0.15) is 54.8 Å². The van der Waals surface area contributed by atoms with E-state index < -0.39 is 0 Å². The lowest BCUT2D eigenvalue weighted by Crippen LogP contribution is -2.25. The summed E-state index contributed by atoms with van der Waals surface area (Å²) in [5, 5.41) is 13.9. The second-order valence-corrected chi connectivity index (χ2v) is 9.67. The molecule has 0 saturated carbocycles. The monoisotopic (exact) mass is 508 g/mol. The van der Waals surface area contributed by atoms with Crippen molar-refractivity contribution in [3.05, 3.63) is 63.7 Å². The van der Waals surface area contributed by atoms with Crippen molar-refractivity contribution in [1.29, 1.82) is 0 Å². The summed E-state index contributed by atoms with van der Waals surface area (Å²) in [7, 11) is 3.73. The van der Waals surface area contributed by atoms with Crippen molar-refractivity contribution in [2.45, 2.75) is 40.2 Å². The van der Waals surface area contributed by atoms with Gasteiger partial charge in [-0.25, -0.2) is 15.0 Å². The fourth-order valence-corrected chi connectivity index (χ4v) is 4.72. The van der Waals surface area contributed by atoms with Crippen molar-refractivity contribution in [2.24, 2.45) is 20.9 Å². The number of aromatic nitrogens is 1. The number of guanidine groups is 1. The van der Waals surface area contributed by atoms with Gasteiger partial charge in [0.2, 0.25) is 5.96 Å². The lowest BCUT2D eigenvalue weighted by Gasteiger charge is -2.19. The Morgan fingerprint density at radius 2 is 2.00 bits per heavy atom. The average molecular weight is 509 g/mol. The molecule has 2 rings (SSSR count). The number of hydrogen-bond acceptors (Lipinski definition) is 6. The SMILES string of the molecule is C=Cc1sc(/C(CNCCC(CC)CO)=C(\C)N=C(N=C)N(C)Cc2ccccc2)nc1C(C)=NC. The molecule has 1 heterocycles. The fourth-order valence-electron chi connectivity index (χ4n) is 3.65. The highest BCUT2D eigenvalue weighted by atomic mass is 32.1. The second kappa shape index (κ2) is 15.2. The summed E-state index contributed by atoms with van der Waals surface area (Å²) >= 11 is 1.58. The Kier molecular flexibility index (Phi) is 12.4. The van der Waals surface area contributed by atoms with Gasteiger partial charge in [0, 0.05) is 45.1 Å². The van der Waals surface area contributed by atoms with E-state index in [0.717, 1.165) is 51.9 Å². The van der Waals surface area contributed by atoms with Crippen LogP contribution < -0.4 is 5.32 Å². The van der Waals surface area contributed by atoms with Gasteiger partial charge in [-0.3, -0.25) is 4.99 Å². The Morgan fingerprint density at radius 1 is 1.28 bits per heavy atom. The smallest absolute Gasteiger partial charge is 0.224 e. The third-order valence-electron chi connectivity index (χ3n) is 6.09. The van der Waals surface area contributed by atoms with E-state index in [1.165, 1.54) is 5.56 Å². The molecule has 2 N–H and O–H groups in total. The number of nitrogens with zero attached hydrogens (tertiary/aromatic N) is 5. The largest absolute Gasteiger partial charge is 0.396 e. The molecule has 1 aromatic carbocycles. The molecule has 0 bridgehead atoms. The van der Waals surface area contributed by atoms with Crippen molar-refractivity contribution >= 4 is 41.4 Å². The molecule has 0 aliphatic rings. The third-order valence-corrected chi connectivity index (χ3v) is 7.20. The first-order valence-electron chi connectivity index (χ1n) is 12.3. The summed E-state index contributed by atoms with van der Waals surface area (Å²) < 4.78 is 0. The first kappa shape index (κ1) is 29.3. The van der Waals surface area contributed by atoms with Crippen molar-refractivity contribution < 1.29 is 5.11 Å². The van der Waals surface area contributed by atoms with E-state index in [-0.39, 0.29) is 6.61 Å². The maximum absolute atomic E-state index is 9.52. The number of aliphatic imine (C=N–C) groups is 3. The van der Waals surface area contributed by atoms with E-state index in [4.69, 9.17) is 9.98 Å². The van der Waals surface area contributed by atoms with Gasteiger partial charge in [-0.15, -0.1) is 11.3 Å². The van der Waals surface area contributed by atoms with Crippen LogP contribution in [0.2, 0.25) is 0 Å². The molecule has 0 amide bonds. The summed E-state index contributed by atoms with van der Waals surface area (Å²) in [4.78, 5) is 21.3. The molecule has 0 aliphatic carbocycles. The number of hydrogen-bond donors (Lipinski definition) is 2. The number of aliphatic hydroxyl groups is 1. The summed E-state index contributed by atoms with van der Waals surface area (Å²) in [5.74, 6) is 0.849. The molecule has 36 heavy (non-hydrogen) atoms. The zero-order valence-electron chi connectivity index (χ0n) is 22.3. The molecule has 0 radical (unpaired) electrons. The van der Waals surface area contributed by atoms with E-state index in [1.54, 1.807) is 18.4 Å². The highest BCUT2D eigenvalue weighted by molar-refractivity contribution is 7.14. The quantitative estimate of drug-likeness (QED) is 0.223. The fraction of sp³-hybridized carbons (Fsp3) is 0.429. The Morgan fingerprint density at radius 3 is 2.58 bits per heavy atom. The molecular formula is C28H40N6OS. The van der Waals surface area contributed by atoms with Crippen LogP contribution in [0, 0.1) is 5.92 Å². The highest BCUT2D eigenvalue weighted by Crippen LogP contribution is 2.29. The zero-order valence-corrected chi connectivity index (χ0v) is 23.1. The first-order valence-corrected chi connectivity index (χ1v) is 13.1. The number of thiazole rings is 1. The zero-order chi connectivity index (χ0) is 26.5. The molecule has 0 saturated heterocycles. The van der Waals surface area contributed by atoms with Crippen molar-refractivity contribution in [2.75, 3.05) is 33.8 Å². The van der Waals surface area contributed by atoms with Gasteiger partial charge < -0.3 is 15.3 Å². The predicted molar refractivity (Wildman–Crippen MR) is 156 cm³/mol. The van der Waals surface area contributed by atoms with Gasteiger partial charge in [0.05, 0.1) is 10.6 Å². The van der Waals surface area contributed by atoms with Gasteiger partial charge in [0.25, 0.3) is 0 Å². The van der Waals surface area contributed by atoms with Gasteiger partial charge in [-0.1, -0.05) is 50.3 Å². The number of nitrogens with one attached hydrogen (secondary N) is 1. The summed E-state index contributed by atoms with van der Waals surface area (Å²) in [5.41, 5.74) is 4.69. The van der Waals surface area contributed by atoms with E-state index in [9.17, 15) is 5.11 Å². The molecule has 1 unspecified atom stereocenters. The van der Waals surface area contributed by atoms with Crippen LogP contribution in [-0.4, -0.2) is 67.2 Å². The lowest BCUT2D eigenvalue weighted by atomic mass is 10.0. The summed E-state index contributed by atoms with van der Waals surface area (Å²) in [6.07, 6.45) is 3.69. The Labute approximate surface area is 220 Å². The molecule has 0 aliphatic heterocycles. The van der Waals surface area contributed by atoms with Crippen LogP contribution in [0.5, 0.6) is 0 Å². The predicted octanol–water partition coefficient (Wildman–Crippen LogP) is 5.14. The standard InChI is InChI=1S/C28H40N6OS/c1-8-22(19-35)15-16-31-17-24(27-33-26(21(4)29-5)25(9-2)36-27)20(3)32-28(30-6)34(7)18-23-13-11-10-12-14-23/h9-14,22,31,35H,2,6,8,15-19H2,1,3-5,7H3/b24-20+,29-21?,32-28?. The van der Waals surface area contributed by atoms with Gasteiger partial charge in [0.15, 0.2) is 0 Å². The maximum atomic E-state index is 9.52. The van der Waals surface area contributed by atoms with E-state index in [0.29, 0.717) is 25.0 Å². The first-order chi connectivity index (χ1) is 17.4. The van der Waals surface area contributed by atoms with Crippen molar-refractivity contribution in [1.82, 2.24) is 15.2 Å². The number of allylic oxidation sites excluding steroid dienone is 1. The van der Waals surface area contributed by atoms with Gasteiger partial charge in [-0.05, 0) is 51.1 Å². The summed E-state index contributed by atoms with van der Waals surface area (Å²) in [6.45, 7) is 16.0. The van der Waals surface area contributed by atoms with E-state index in [2.05, 4.69) is 47.7 Å². The number of aliphatic hydroxyl groups excluding tert-OH is 1. The van der Waals surface area contributed by atoms with Crippen LogP contribution in [0.3, 0.4) is 0 Å². The molecule has 0 fully saturated rings. The minimum Gasteiger partial charge on any atom is -0.396 e. The van der Waals surface area contributed by atoms with E-state index >= 15 is 0 Å². The van der Waals surface area contributed by atoms with Gasteiger partial charge in [0.1, 0.15) is 10.7 Å². The molecule has 1 aromatic heterocycles. The lowest BCUT2D eigenvalue weighted by molar-refractivity contribution is 0.214. The van der Waals surface area contributed by atoms with E-state index in [1.807, 2.05) is 50.1 Å². The molecular weight excluding hydrogens is 468 g/mol. The van der Waals surface area contributed by atoms with Crippen molar-refractivity contribution in [3.63, 3.8) is 0 Å². The van der Waals surface area contributed by atoms with Crippen LogP contribution in [0.15, 0.2) is 57.6 Å². The van der Waals surface area contributed by atoms with Crippen LogP contribution in [-0.2, 0) is 6.54 Å². The Bertz CT molecular complexity index is 1080. The summed E-state index contributed by atoms with van der Waals surface area (Å²) in [6, 6.07) is 10.2. The van der Waals surface area contributed by atoms with Crippen LogP contribution >= 0.6 is 11.3 Å². The third kappa shape index (κ3) is 8.33. The molecule has 0 spiro atoms. The average Bonchev–Trinajstić information content (AvgIpc) is 3.33. The molecule has 2 aromatic rings. The van der Waals surface area contributed by atoms with Gasteiger partial charge >= 0.3 is 0 Å². The molecule has 7 nitrogen and oxygen atoms in total. The van der Waals surface area contributed by atoms with Crippen LogP contribution in [0.25, 0.3) is 11.6 Å². The number of rotatable bonds is 13. The second-order valence-electron chi connectivity index (χ2n) is 8.64.